The van der Waals surface area contributed by atoms with Gasteiger partial charge < -0.3 is 29.9 Å². The van der Waals surface area contributed by atoms with Gasteiger partial charge in [-0.25, -0.2) is 14.5 Å². The molecule has 1 aliphatic rings. The van der Waals surface area contributed by atoms with Crippen molar-refractivity contribution >= 4 is 53.4 Å². The number of carbonyl (C=O) groups is 1. The number of anilines is 1. The summed E-state index contributed by atoms with van der Waals surface area (Å²) in [5, 5.41) is 27.4. The minimum absolute atomic E-state index is 0.0000721. The lowest BCUT2D eigenvalue weighted by molar-refractivity contribution is -0.150. The van der Waals surface area contributed by atoms with Gasteiger partial charge in [0.2, 0.25) is 5.95 Å². The third-order valence-electron chi connectivity index (χ3n) is 8.25. The maximum Gasteiger partial charge on any atom is 0.459 e. The minimum atomic E-state index is -4.41. The highest BCUT2D eigenvalue weighted by Crippen LogP contribution is 2.48. The Labute approximate surface area is 286 Å². The molecule has 5 N–H and O–H groups in total. The van der Waals surface area contributed by atoms with Crippen LogP contribution in [0.2, 0.25) is 0 Å². The lowest BCUT2D eigenvalue weighted by atomic mass is 9.96. The molecule has 16 heteroatoms. The second-order valence-corrected chi connectivity index (χ2v) is 14.3. The van der Waals surface area contributed by atoms with E-state index in [0.717, 1.165) is 10.9 Å². The van der Waals surface area contributed by atoms with Crippen molar-refractivity contribution in [3.8, 4) is 5.75 Å². The molecule has 1 saturated heterocycles. The number of nitrogens with two attached hydrogens (primary N) is 1. The number of aliphatic hydroxyl groups is 2. The first kappa shape index (κ1) is 34.8. The molecule has 2 aromatic heterocycles. The van der Waals surface area contributed by atoms with Gasteiger partial charge in [-0.1, -0.05) is 66.7 Å². The zero-order valence-corrected chi connectivity index (χ0v) is 28.9. The highest BCUT2D eigenvalue weighted by molar-refractivity contribution is 7.98. The van der Waals surface area contributed by atoms with Crippen LogP contribution in [0.4, 0.5) is 5.95 Å². The molecule has 14 nitrogen and oxygen atoms in total. The summed E-state index contributed by atoms with van der Waals surface area (Å²) >= 11 is 1.33. The molecule has 1 aliphatic heterocycles. The third kappa shape index (κ3) is 7.15. The average molecular weight is 709 g/mol. The monoisotopic (exact) mass is 708 g/mol. The molecule has 0 bridgehead atoms. The minimum Gasteiger partial charge on any atom is -0.457 e. The predicted molar refractivity (Wildman–Crippen MR) is 184 cm³/mol. The van der Waals surface area contributed by atoms with Crippen molar-refractivity contribution in [2.24, 2.45) is 0 Å². The molecule has 49 heavy (non-hydrogen) atoms. The molecular formula is C33H37N6O8PS. The zero-order valence-electron chi connectivity index (χ0n) is 27.2. The van der Waals surface area contributed by atoms with E-state index in [0.29, 0.717) is 21.6 Å². The fourth-order valence-corrected chi connectivity index (χ4v) is 7.67. The van der Waals surface area contributed by atoms with Crippen LogP contribution in [0.15, 0.2) is 84.1 Å². The summed E-state index contributed by atoms with van der Waals surface area (Å²) in [6, 6.07) is 20.6. The fourth-order valence-electron chi connectivity index (χ4n) is 5.62. The van der Waals surface area contributed by atoms with E-state index in [1.54, 1.807) is 25.1 Å². The quantitative estimate of drug-likeness (QED) is 0.0599. The van der Waals surface area contributed by atoms with E-state index >= 15 is 0 Å². The van der Waals surface area contributed by atoms with Crippen molar-refractivity contribution in [3.63, 3.8) is 0 Å². The Morgan fingerprint density at radius 1 is 1.12 bits per heavy atom. The molecule has 0 radical (unpaired) electrons. The number of ether oxygens (including phenoxy) is 2. The molecule has 6 rings (SSSR count). The number of nitrogens with one attached hydrogen (secondary N) is 1. The van der Waals surface area contributed by atoms with E-state index in [1.807, 2.05) is 60.9 Å². The summed E-state index contributed by atoms with van der Waals surface area (Å²) in [6.07, 6.45) is -1.27. The summed E-state index contributed by atoms with van der Waals surface area (Å²) < 4.78 is 39.6. The van der Waals surface area contributed by atoms with Gasteiger partial charge in [-0.2, -0.15) is 10.1 Å². The summed E-state index contributed by atoms with van der Waals surface area (Å²) in [5.41, 5.74) is 5.57. The molecule has 7 atom stereocenters. The van der Waals surface area contributed by atoms with Crippen molar-refractivity contribution in [1.82, 2.24) is 24.6 Å². The van der Waals surface area contributed by atoms with E-state index < -0.39 is 56.5 Å². The molecule has 258 valence electrons. The Balaban J connectivity index is 1.25. The lowest BCUT2D eigenvalue weighted by Crippen LogP contribution is -2.44. The molecule has 0 saturated carbocycles. The summed E-state index contributed by atoms with van der Waals surface area (Å²) in [6.45, 7) is 4.09. The van der Waals surface area contributed by atoms with Gasteiger partial charge in [0.05, 0.1) is 12.9 Å². The van der Waals surface area contributed by atoms with Gasteiger partial charge in [0.1, 0.15) is 46.2 Å². The second kappa shape index (κ2) is 14.0. The second-order valence-electron chi connectivity index (χ2n) is 11.8. The molecule has 0 aliphatic carbocycles. The molecular weight excluding hydrogens is 671 g/mol. The third-order valence-corrected chi connectivity index (χ3v) is 10.6. The number of fused-ring (bicyclic) bond motifs is 2. The molecule has 3 heterocycles. The van der Waals surface area contributed by atoms with Crippen molar-refractivity contribution in [3.05, 3.63) is 84.7 Å². The van der Waals surface area contributed by atoms with E-state index in [9.17, 15) is 19.6 Å². The van der Waals surface area contributed by atoms with Gasteiger partial charge in [0.15, 0.2) is 11.9 Å². The number of nitrogen functional groups attached to an aromatic ring is 1. The maximum atomic E-state index is 14.5. The molecule has 5 aromatic rings. The molecule has 3 aromatic carbocycles. The maximum absolute atomic E-state index is 14.5. The largest absolute Gasteiger partial charge is 0.459 e. The number of thioether (sulfide) groups is 1. The van der Waals surface area contributed by atoms with Gasteiger partial charge in [-0.15, -0.1) is 11.8 Å². The zero-order chi connectivity index (χ0) is 34.9. The van der Waals surface area contributed by atoms with Crippen molar-refractivity contribution in [1.29, 1.82) is 0 Å². The number of aromatic nitrogens is 4. The summed E-state index contributed by atoms with van der Waals surface area (Å²) in [4.78, 5) is 26.0. The average Bonchev–Trinajstić information content (AvgIpc) is 3.60. The van der Waals surface area contributed by atoms with Crippen molar-refractivity contribution in [2.75, 3.05) is 18.6 Å². The van der Waals surface area contributed by atoms with Crippen LogP contribution in [-0.2, 0) is 23.4 Å². The van der Waals surface area contributed by atoms with Gasteiger partial charge in [-0.3, -0.25) is 13.9 Å². The van der Waals surface area contributed by atoms with E-state index in [1.165, 1.54) is 36.5 Å². The number of rotatable bonds is 12. The number of nitrogens with zero attached hydrogens (tertiary/aromatic N) is 4. The van der Waals surface area contributed by atoms with Crippen LogP contribution in [0.25, 0.3) is 21.9 Å². The van der Waals surface area contributed by atoms with Gasteiger partial charge >= 0.3 is 13.7 Å². The standard InChI is InChI=1S/C33H37N6O8PS/c1-19(30(41)45-20(2)21-11-6-5-7-12-21)38-48(43,47-24-16-10-14-22-13-8-9-15-23(22)24)44-17-25-27(40)33(3,42)31(46-25)39-18-35-26-28(39)36-32(34)37-29(26)49-4/h5-16,18-20,25,27,31,40,42H,17H2,1-4H3,(H,38,43)(H2,34,36,37)/t19-,20?,25+,27+,31-,33+,48?/m0/s1. The van der Waals surface area contributed by atoms with Crippen LogP contribution in [0.3, 0.4) is 0 Å². The highest BCUT2D eigenvalue weighted by atomic mass is 32.2. The van der Waals surface area contributed by atoms with E-state index in [-0.39, 0.29) is 11.7 Å². The van der Waals surface area contributed by atoms with Crippen molar-refractivity contribution < 1.29 is 38.1 Å². The highest BCUT2D eigenvalue weighted by Gasteiger charge is 2.54. The van der Waals surface area contributed by atoms with E-state index in [2.05, 4.69) is 20.0 Å². The molecule has 1 fully saturated rings. The SMILES string of the molecule is CSc1nc(N)nc2c1ncn2[C@H]1O[C@H](COP(=O)(N[C@@H](C)C(=O)OC(C)c2ccccc2)Oc2cccc3ccccc23)[C@@H](O)[C@@]1(C)O. The van der Waals surface area contributed by atoms with Crippen molar-refractivity contribution in [2.45, 2.75) is 62.0 Å². The van der Waals surface area contributed by atoms with Crippen LogP contribution in [0.1, 0.15) is 38.7 Å². The van der Waals surface area contributed by atoms with Gasteiger partial charge in [-0.05, 0) is 44.0 Å². The predicted octanol–water partition coefficient (Wildman–Crippen LogP) is 4.78. The fraction of sp³-hybridized carbons (Fsp3) is 0.333. The first-order valence-electron chi connectivity index (χ1n) is 15.5. The van der Waals surface area contributed by atoms with Crippen LogP contribution in [0.5, 0.6) is 5.75 Å². The van der Waals surface area contributed by atoms with Gasteiger partial charge in [0, 0.05) is 5.39 Å². The first-order valence-corrected chi connectivity index (χ1v) is 18.2. The molecule has 0 amide bonds. The normalized spacial score (nSPS) is 23.3. The number of imidazole rings is 1. The van der Waals surface area contributed by atoms with Crippen LogP contribution in [0, 0.1) is 0 Å². The first-order chi connectivity index (χ1) is 23.4. The van der Waals surface area contributed by atoms with Gasteiger partial charge in [0.25, 0.3) is 0 Å². The number of benzene rings is 3. The number of hydrogen-bond acceptors (Lipinski definition) is 13. The van der Waals surface area contributed by atoms with Crippen LogP contribution >= 0.6 is 19.5 Å². The van der Waals surface area contributed by atoms with Crippen LogP contribution in [-0.4, -0.2) is 72.4 Å². The topological polar surface area (TPSA) is 193 Å². The Morgan fingerprint density at radius 3 is 2.59 bits per heavy atom. The Hall–Kier alpha value is -4.08. The molecule has 2 unspecified atom stereocenters. The number of carbonyl (C=O) groups excluding carboxylic acids is 1. The summed E-state index contributed by atoms with van der Waals surface area (Å²) in [5.74, 6) is -0.462. The smallest absolute Gasteiger partial charge is 0.457 e. The Morgan fingerprint density at radius 2 is 1.84 bits per heavy atom. The number of esters is 1. The Kier molecular flexibility index (Phi) is 9.96. The summed E-state index contributed by atoms with van der Waals surface area (Å²) in [7, 11) is -4.41. The lowest BCUT2D eigenvalue weighted by Gasteiger charge is -2.27. The Bertz CT molecular complexity index is 2010. The number of hydrogen-bond donors (Lipinski definition) is 4. The van der Waals surface area contributed by atoms with Crippen LogP contribution < -0.4 is 15.3 Å². The number of aliphatic hydroxyl groups excluding tert-OH is 1. The molecule has 0 spiro atoms. The van der Waals surface area contributed by atoms with E-state index in [4.69, 9.17) is 24.3 Å².